The van der Waals surface area contributed by atoms with E-state index in [2.05, 4.69) is 67.6 Å². The molecule has 5 aliphatic rings. The van der Waals surface area contributed by atoms with Crippen LogP contribution in [0, 0.1) is 56.2 Å². The van der Waals surface area contributed by atoms with Crippen molar-refractivity contribution in [2.24, 2.45) is 56.2 Å². The van der Waals surface area contributed by atoms with Gasteiger partial charge >= 0.3 is 11.9 Å². The zero-order valence-electron chi connectivity index (χ0n) is 31.3. The van der Waals surface area contributed by atoms with Crippen molar-refractivity contribution in [2.45, 2.75) is 159 Å². The first-order chi connectivity index (χ1) is 21.6. The van der Waals surface area contributed by atoms with Gasteiger partial charge in [-0.2, -0.15) is 0 Å². The van der Waals surface area contributed by atoms with E-state index in [-0.39, 0.29) is 57.8 Å². The Hall–Kier alpha value is -1.73. The van der Waals surface area contributed by atoms with E-state index in [0.29, 0.717) is 24.8 Å². The molecule has 0 aliphatic heterocycles. The van der Waals surface area contributed by atoms with Crippen LogP contribution in [-0.2, 0) is 19.1 Å². The van der Waals surface area contributed by atoms with Gasteiger partial charge in [0.25, 0.3) is 0 Å². The third-order valence-electron chi connectivity index (χ3n) is 15.2. The second kappa shape index (κ2) is 12.0. The van der Waals surface area contributed by atoms with Crippen LogP contribution in [0.5, 0.6) is 0 Å². The predicted molar refractivity (Wildman–Crippen MR) is 184 cm³/mol. The van der Waals surface area contributed by atoms with Gasteiger partial charge in [-0.3, -0.25) is 14.4 Å². The first kappa shape index (κ1) is 36.5. The van der Waals surface area contributed by atoms with E-state index in [1.54, 1.807) is 13.8 Å². The van der Waals surface area contributed by atoms with Crippen LogP contribution in [-0.4, -0.2) is 52.7 Å². The van der Waals surface area contributed by atoms with Crippen molar-refractivity contribution in [2.75, 3.05) is 6.54 Å². The monoisotopic (exact) mass is 655 g/mol. The van der Waals surface area contributed by atoms with Crippen molar-refractivity contribution in [3.05, 3.63) is 11.1 Å². The van der Waals surface area contributed by atoms with E-state index in [0.717, 1.165) is 56.9 Å². The summed E-state index contributed by atoms with van der Waals surface area (Å²) in [6.45, 7) is 24.4. The fourth-order valence-electron chi connectivity index (χ4n) is 12.5. The number of ketones is 1. The number of rotatable bonds is 9. The van der Waals surface area contributed by atoms with Gasteiger partial charge in [0.15, 0.2) is 5.78 Å². The van der Waals surface area contributed by atoms with Crippen LogP contribution >= 0.6 is 0 Å². The molecule has 4 fully saturated rings. The molecular weight excluding hydrogens is 590 g/mol. The van der Waals surface area contributed by atoms with Crippen LogP contribution in [0.15, 0.2) is 11.1 Å². The first-order valence-electron chi connectivity index (χ1n) is 18.7. The maximum Gasteiger partial charge on any atom is 0.309 e. The van der Waals surface area contributed by atoms with Gasteiger partial charge in [0, 0.05) is 29.8 Å². The Morgan fingerprint density at radius 1 is 0.915 bits per heavy atom. The largest absolute Gasteiger partial charge is 0.481 e. The number of hydrogen-bond acceptors (Lipinski definition) is 6. The number of ether oxygens (including phenoxy) is 1. The Morgan fingerprint density at radius 2 is 1.57 bits per heavy atom. The lowest BCUT2D eigenvalue weighted by Crippen LogP contribution is -2.66. The van der Waals surface area contributed by atoms with Gasteiger partial charge in [0.1, 0.15) is 6.10 Å². The number of carbonyl (C=O) groups excluding carboxylic acids is 2. The Labute approximate surface area is 284 Å². The van der Waals surface area contributed by atoms with Crippen molar-refractivity contribution in [3.8, 4) is 0 Å². The van der Waals surface area contributed by atoms with Crippen molar-refractivity contribution >= 4 is 17.7 Å². The van der Waals surface area contributed by atoms with E-state index in [4.69, 9.17) is 4.74 Å². The highest BCUT2D eigenvalue weighted by Gasteiger charge is 2.70. The van der Waals surface area contributed by atoms with Crippen molar-refractivity contribution in [1.82, 2.24) is 5.32 Å². The molecule has 4 saturated carbocycles. The maximum absolute atomic E-state index is 13.8. The summed E-state index contributed by atoms with van der Waals surface area (Å²) in [6.07, 6.45) is 7.50. The van der Waals surface area contributed by atoms with Crippen LogP contribution in [0.2, 0.25) is 0 Å². The molecule has 9 atom stereocenters. The minimum absolute atomic E-state index is 0.0224. The summed E-state index contributed by atoms with van der Waals surface area (Å²) in [5.41, 5.74) is 0.677. The average Bonchev–Trinajstić information content (AvgIpc) is 3.26. The molecule has 3 N–H and O–H groups in total. The lowest BCUT2D eigenvalue weighted by atomic mass is 9.33. The minimum Gasteiger partial charge on any atom is -0.481 e. The number of nitrogens with one attached hydrogen (secondary N) is 1. The highest BCUT2D eigenvalue weighted by molar-refractivity contribution is 6.00. The first-order valence-corrected chi connectivity index (χ1v) is 18.7. The predicted octanol–water partition coefficient (Wildman–Crippen LogP) is 7.74. The zero-order valence-corrected chi connectivity index (χ0v) is 31.3. The maximum atomic E-state index is 13.8. The normalized spacial score (nSPS) is 40.4. The number of aliphatic hydroxyl groups is 1. The van der Waals surface area contributed by atoms with Crippen LogP contribution in [0.1, 0.15) is 140 Å². The van der Waals surface area contributed by atoms with Crippen LogP contribution in [0.4, 0.5) is 0 Å². The molecule has 0 aromatic rings. The highest BCUT2D eigenvalue weighted by Crippen LogP contribution is 2.77. The average molecular weight is 656 g/mol. The number of carbonyl (C=O) groups is 3. The molecule has 0 aromatic carbocycles. The summed E-state index contributed by atoms with van der Waals surface area (Å²) < 4.78 is 6.14. The lowest BCUT2D eigenvalue weighted by molar-refractivity contribution is -0.235. The summed E-state index contributed by atoms with van der Waals surface area (Å²) in [7, 11) is 0. The van der Waals surface area contributed by atoms with E-state index >= 15 is 0 Å². The molecule has 0 radical (unpaired) electrons. The number of Topliss-reactive ketones (excluding diaryl/α,β-unsaturated/α-hetero) is 1. The number of fused-ring (bicyclic) bond motifs is 7. The summed E-state index contributed by atoms with van der Waals surface area (Å²) in [5, 5.41) is 24.9. The van der Waals surface area contributed by atoms with Crippen molar-refractivity contribution < 1.29 is 29.3 Å². The molecule has 0 heterocycles. The third kappa shape index (κ3) is 5.47. The molecule has 0 spiro atoms. The quantitative estimate of drug-likeness (QED) is 0.218. The van der Waals surface area contributed by atoms with Crippen molar-refractivity contribution in [3.63, 3.8) is 0 Å². The molecule has 5 rings (SSSR count). The number of esters is 1. The molecule has 0 aromatic heterocycles. The van der Waals surface area contributed by atoms with Gasteiger partial charge in [0.05, 0.1) is 17.9 Å². The molecule has 0 saturated heterocycles. The van der Waals surface area contributed by atoms with Crippen LogP contribution < -0.4 is 5.32 Å². The molecular formula is C40H65NO6. The SMILES string of the molecule is CC(C)NC[C@@H](O)[C@@]12CC[C@]3(C)[C@H](CCC4[C@@]5(C)CC[C@H](OC(=O)CC(C)(C)C(=O)O)C(C)(C)[C@@H]5CC[C@]43C)C1=C(C(C)C)C(=O)C2. The zero-order chi connectivity index (χ0) is 35.1. The molecule has 5 aliphatic carbocycles. The van der Waals surface area contributed by atoms with E-state index in [9.17, 15) is 24.6 Å². The topological polar surface area (TPSA) is 113 Å². The Morgan fingerprint density at radius 3 is 2.17 bits per heavy atom. The van der Waals surface area contributed by atoms with Gasteiger partial charge in [0.2, 0.25) is 0 Å². The number of allylic oxidation sites excluding steroid dienone is 1. The number of aliphatic hydroxyl groups excluding tert-OH is 1. The molecule has 0 bridgehead atoms. The molecule has 0 amide bonds. The Balaban J connectivity index is 1.45. The van der Waals surface area contributed by atoms with Crippen LogP contribution in [0.3, 0.4) is 0 Å². The molecule has 7 nitrogen and oxygen atoms in total. The summed E-state index contributed by atoms with van der Waals surface area (Å²) in [6, 6.07) is 0.272. The van der Waals surface area contributed by atoms with Gasteiger partial charge in [-0.15, -0.1) is 0 Å². The van der Waals surface area contributed by atoms with Crippen molar-refractivity contribution in [1.29, 1.82) is 0 Å². The van der Waals surface area contributed by atoms with Crippen LogP contribution in [0.25, 0.3) is 0 Å². The fourth-order valence-corrected chi connectivity index (χ4v) is 12.5. The molecule has 266 valence electrons. The summed E-state index contributed by atoms with van der Waals surface area (Å²) in [5.74, 6) is 0.190. The van der Waals surface area contributed by atoms with E-state index < -0.39 is 28.9 Å². The van der Waals surface area contributed by atoms with E-state index in [1.807, 2.05) is 0 Å². The fraction of sp³-hybridized carbons (Fsp3) is 0.875. The third-order valence-corrected chi connectivity index (χ3v) is 15.2. The summed E-state index contributed by atoms with van der Waals surface area (Å²) in [4.78, 5) is 38.6. The number of aliphatic carboxylic acids is 1. The molecule has 47 heavy (non-hydrogen) atoms. The number of carboxylic acid groups (broad SMARTS) is 1. The Bertz CT molecular complexity index is 1310. The lowest BCUT2D eigenvalue weighted by Gasteiger charge is -2.72. The van der Waals surface area contributed by atoms with E-state index in [1.165, 1.54) is 5.57 Å². The Kier molecular flexibility index (Phi) is 9.30. The second-order valence-electron chi connectivity index (χ2n) is 19.1. The second-order valence-corrected chi connectivity index (χ2v) is 19.1. The summed E-state index contributed by atoms with van der Waals surface area (Å²) >= 11 is 0. The highest BCUT2D eigenvalue weighted by atomic mass is 16.5. The number of hydrogen-bond donors (Lipinski definition) is 3. The smallest absolute Gasteiger partial charge is 0.309 e. The molecule has 7 heteroatoms. The molecule has 1 unspecified atom stereocenters. The van der Waals surface area contributed by atoms with Gasteiger partial charge in [-0.05, 0) is 111 Å². The standard InChI is InChI=1S/C40H65NO6/c1-23(2)32-26(42)20-40(29(43)22-41-24(3)4)19-18-38(10)25(33(32)40)12-13-28-37(9)16-15-30(47-31(44)21-35(5,6)34(45)46)36(7,8)27(37)14-17-39(28,38)11/h23-25,27-30,41,43H,12-22H2,1-11H3,(H,45,46)/t25-,27+,28?,29-,30+,37+,38-,39-,40+/m1/s1. The van der Waals surface area contributed by atoms with Gasteiger partial charge in [-0.1, -0.05) is 67.9 Å². The number of carboxylic acids is 1. The minimum atomic E-state index is -1.15. The van der Waals surface area contributed by atoms with Gasteiger partial charge in [-0.25, -0.2) is 0 Å². The van der Waals surface area contributed by atoms with Gasteiger partial charge < -0.3 is 20.3 Å².